The smallest absolute Gasteiger partial charge is 0.213 e. The average Bonchev–Trinajstić information content (AvgIpc) is 2.29. The molecular formula is C11H18N4O2S. The number of rotatable bonds is 3. The lowest BCUT2D eigenvalue weighted by molar-refractivity contribution is 0.312. The Balaban J connectivity index is 2.03. The van der Waals surface area contributed by atoms with Gasteiger partial charge in [-0.3, -0.25) is 0 Å². The van der Waals surface area contributed by atoms with Gasteiger partial charge in [0.2, 0.25) is 10.0 Å². The Bertz CT molecular complexity index is 492. The fraction of sp³-hybridized carbons (Fsp3) is 0.545. The molecule has 2 N–H and O–H groups in total. The van der Waals surface area contributed by atoms with Crippen molar-refractivity contribution in [2.24, 2.45) is 5.14 Å². The van der Waals surface area contributed by atoms with E-state index in [9.17, 15) is 8.42 Å². The molecule has 0 unspecified atom stereocenters. The molecule has 1 aliphatic heterocycles. The van der Waals surface area contributed by atoms with E-state index in [4.69, 9.17) is 5.14 Å². The number of likely N-dealkylation sites (N-methyl/N-ethyl adjacent to an activating group) is 1. The second-order valence-electron chi connectivity index (χ2n) is 4.62. The standard InChI is InChI=1S/C11H18N4O2S/c1-14-4-6-15(7-5-14)11-3-2-10(8-13-11)9-18(12,16)17/h2-3,8H,4-7,9H2,1H3,(H2,12,16,17). The minimum atomic E-state index is -3.48. The van der Waals surface area contributed by atoms with Crippen molar-refractivity contribution < 1.29 is 8.42 Å². The highest BCUT2D eigenvalue weighted by molar-refractivity contribution is 7.88. The first-order valence-corrected chi connectivity index (χ1v) is 7.54. The molecule has 0 radical (unpaired) electrons. The Morgan fingerprint density at radius 2 is 1.94 bits per heavy atom. The van der Waals surface area contributed by atoms with Gasteiger partial charge in [-0.1, -0.05) is 6.07 Å². The Labute approximate surface area is 107 Å². The lowest BCUT2D eigenvalue weighted by Crippen LogP contribution is -2.44. The van der Waals surface area contributed by atoms with Crippen LogP contribution in [-0.4, -0.2) is 51.5 Å². The van der Waals surface area contributed by atoms with Crippen LogP contribution in [-0.2, 0) is 15.8 Å². The van der Waals surface area contributed by atoms with Crippen LogP contribution in [0, 0.1) is 0 Å². The third kappa shape index (κ3) is 3.66. The van der Waals surface area contributed by atoms with Gasteiger partial charge in [0.15, 0.2) is 0 Å². The zero-order valence-corrected chi connectivity index (χ0v) is 11.2. The molecule has 0 amide bonds. The molecule has 0 aliphatic carbocycles. The van der Waals surface area contributed by atoms with Crippen molar-refractivity contribution in [1.82, 2.24) is 9.88 Å². The number of piperazine rings is 1. The van der Waals surface area contributed by atoms with Crippen molar-refractivity contribution in [3.63, 3.8) is 0 Å². The van der Waals surface area contributed by atoms with Gasteiger partial charge in [-0.2, -0.15) is 0 Å². The maximum Gasteiger partial charge on any atom is 0.213 e. The highest BCUT2D eigenvalue weighted by Gasteiger charge is 2.15. The van der Waals surface area contributed by atoms with E-state index in [1.807, 2.05) is 6.07 Å². The van der Waals surface area contributed by atoms with Gasteiger partial charge in [0.1, 0.15) is 5.82 Å². The molecule has 1 aliphatic rings. The second kappa shape index (κ2) is 5.21. The highest BCUT2D eigenvalue weighted by Crippen LogP contribution is 2.14. The third-order valence-corrected chi connectivity index (χ3v) is 3.74. The van der Waals surface area contributed by atoms with Crippen LogP contribution in [0.3, 0.4) is 0 Å². The fourth-order valence-electron chi connectivity index (χ4n) is 1.96. The fourth-order valence-corrected chi connectivity index (χ4v) is 2.59. The molecule has 0 atom stereocenters. The van der Waals surface area contributed by atoms with Crippen molar-refractivity contribution in [2.75, 3.05) is 38.1 Å². The first kappa shape index (κ1) is 13.3. The quantitative estimate of drug-likeness (QED) is 0.810. The van der Waals surface area contributed by atoms with Crippen molar-refractivity contribution in [3.05, 3.63) is 23.9 Å². The summed E-state index contributed by atoms with van der Waals surface area (Å²) in [4.78, 5) is 8.76. The van der Waals surface area contributed by atoms with E-state index >= 15 is 0 Å². The van der Waals surface area contributed by atoms with Gasteiger partial charge in [-0.25, -0.2) is 18.5 Å². The molecule has 1 fully saturated rings. The van der Waals surface area contributed by atoms with Crippen molar-refractivity contribution >= 4 is 15.8 Å². The lowest BCUT2D eigenvalue weighted by atomic mass is 10.3. The zero-order valence-electron chi connectivity index (χ0n) is 10.4. The summed E-state index contributed by atoms with van der Waals surface area (Å²) in [6.07, 6.45) is 1.58. The molecule has 6 nitrogen and oxygen atoms in total. The number of hydrogen-bond acceptors (Lipinski definition) is 5. The molecule has 1 saturated heterocycles. The topological polar surface area (TPSA) is 79.5 Å². The molecule has 0 aromatic carbocycles. The first-order chi connectivity index (χ1) is 8.44. The zero-order chi connectivity index (χ0) is 13.2. The normalized spacial score (nSPS) is 18.0. The van der Waals surface area contributed by atoms with Gasteiger partial charge in [-0.15, -0.1) is 0 Å². The molecule has 2 rings (SSSR count). The molecule has 0 spiro atoms. The summed E-state index contributed by atoms with van der Waals surface area (Å²) in [5, 5.41) is 4.99. The molecule has 100 valence electrons. The van der Waals surface area contributed by atoms with E-state index in [-0.39, 0.29) is 5.75 Å². The maximum atomic E-state index is 11.0. The van der Waals surface area contributed by atoms with Gasteiger partial charge in [-0.05, 0) is 18.7 Å². The summed E-state index contributed by atoms with van der Waals surface area (Å²) in [7, 11) is -1.39. The van der Waals surface area contributed by atoms with E-state index in [0.717, 1.165) is 32.0 Å². The Hall–Kier alpha value is -1.18. The second-order valence-corrected chi connectivity index (χ2v) is 6.24. The van der Waals surface area contributed by atoms with Crippen LogP contribution >= 0.6 is 0 Å². The molecule has 2 heterocycles. The highest BCUT2D eigenvalue weighted by atomic mass is 32.2. The number of sulfonamides is 1. The van der Waals surface area contributed by atoms with Gasteiger partial charge < -0.3 is 9.80 Å². The summed E-state index contributed by atoms with van der Waals surface area (Å²) in [6, 6.07) is 3.62. The van der Waals surface area contributed by atoms with Crippen molar-refractivity contribution in [2.45, 2.75) is 5.75 Å². The lowest BCUT2D eigenvalue weighted by Gasteiger charge is -2.33. The minimum Gasteiger partial charge on any atom is -0.354 e. The molecule has 1 aromatic rings. The molecule has 1 aromatic heterocycles. The number of hydrogen-bond donors (Lipinski definition) is 1. The summed E-state index contributed by atoms with van der Waals surface area (Å²) < 4.78 is 21.9. The van der Waals surface area contributed by atoms with E-state index < -0.39 is 10.0 Å². The van der Waals surface area contributed by atoms with Crippen LogP contribution < -0.4 is 10.0 Å². The Morgan fingerprint density at radius 1 is 1.28 bits per heavy atom. The average molecular weight is 270 g/mol. The number of primary sulfonamides is 1. The Kier molecular flexibility index (Phi) is 3.84. The summed E-state index contributed by atoms with van der Waals surface area (Å²) in [6.45, 7) is 3.91. The molecule has 0 saturated carbocycles. The van der Waals surface area contributed by atoms with Crippen LogP contribution in [0.4, 0.5) is 5.82 Å². The van der Waals surface area contributed by atoms with E-state index in [1.54, 1.807) is 12.3 Å². The first-order valence-electron chi connectivity index (χ1n) is 5.83. The monoisotopic (exact) mass is 270 g/mol. The summed E-state index contributed by atoms with van der Waals surface area (Å²) in [5.41, 5.74) is 0.621. The van der Waals surface area contributed by atoms with Crippen LogP contribution in [0.15, 0.2) is 18.3 Å². The SMILES string of the molecule is CN1CCN(c2ccc(CS(N)(=O)=O)cn2)CC1. The third-order valence-electron chi connectivity index (χ3n) is 3.00. The van der Waals surface area contributed by atoms with E-state index in [0.29, 0.717) is 5.56 Å². The van der Waals surface area contributed by atoms with Gasteiger partial charge >= 0.3 is 0 Å². The van der Waals surface area contributed by atoms with Crippen LogP contribution in [0.5, 0.6) is 0 Å². The van der Waals surface area contributed by atoms with Crippen LogP contribution in [0.25, 0.3) is 0 Å². The number of nitrogens with two attached hydrogens (primary N) is 1. The number of nitrogens with zero attached hydrogens (tertiary/aromatic N) is 3. The van der Waals surface area contributed by atoms with Crippen LogP contribution in [0.2, 0.25) is 0 Å². The van der Waals surface area contributed by atoms with Gasteiger partial charge in [0.05, 0.1) is 5.75 Å². The van der Waals surface area contributed by atoms with E-state index in [1.165, 1.54) is 0 Å². The van der Waals surface area contributed by atoms with Crippen molar-refractivity contribution in [3.8, 4) is 0 Å². The number of pyridine rings is 1. The molecule has 7 heteroatoms. The van der Waals surface area contributed by atoms with Gasteiger partial charge in [0.25, 0.3) is 0 Å². The summed E-state index contributed by atoms with van der Waals surface area (Å²) in [5.74, 6) is 0.726. The molecular weight excluding hydrogens is 252 g/mol. The molecule has 18 heavy (non-hydrogen) atoms. The van der Waals surface area contributed by atoms with Crippen molar-refractivity contribution in [1.29, 1.82) is 0 Å². The van der Waals surface area contributed by atoms with Gasteiger partial charge in [0, 0.05) is 32.4 Å². The predicted molar refractivity (Wildman–Crippen MR) is 70.8 cm³/mol. The predicted octanol–water partition coefficient (Wildman–Crippen LogP) is -0.378. The molecule has 0 bridgehead atoms. The largest absolute Gasteiger partial charge is 0.354 e. The number of anilines is 1. The number of aromatic nitrogens is 1. The van der Waals surface area contributed by atoms with Crippen LogP contribution in [0.1, 0.15) is 5.56 Å². The minimum absolute atomic E-state index is 0.164. The Morgan fingerprint density at radius 3 is 2.44 bits per heavy atom. The maximum absolute atomic E-state index is 11.0. The van der Waals surface area contributed by atoms with E-state index in [2.05, 4.69) is 21.8 Å². The summed E-state index contributed by atoms with van der Waals surface area (Å²) >= 11 is 0.